The second kappa shape index (κ2) is 8.59. The first-order valence-electron chi connectivity index (χ1n) is 9.89. The van der Waals surface area contributed by atoms with Gasteiger partial charge in [-0.05, 0) is 43.9 Å². The molecule has 2 heterocycles. The third-order valence-electron chi connectivity index (χ3n) is 5.39. The predicted octanol–water partition coefficient (Wildman–Crippen LogP) is 5.17. The summed E-state index contributed by atoms with van der Waals surface area (Å²) >= 11 is 7.25. The maximum absolute atomic E-state index is 12.3. The normalized spacial score (nSPS) is 19.1. The Morgan fingerprint density at radius 1 is 1.10 bits per heavy atom. The van der Waals surface area contributed by atoms with Crippen LogP contribution in [-0.2, 0) is 0 Å². The second-order valence-corrected chi connectivity index (χ2v) is 9.42. The number of carbonyl (C=O) groups excluding carboxylic acids is 1. The number of halogens is 1. The van der Waals surface area contributed by atoms with Gasteiger partial charge in [-0.1, -0.05) is 29.8 Å². The fourth-order valence-corrected chi connectivity index (χ4v) is 4.83. The van der Waals surface area contributed by atoms with Gasteiger partial charge >= 0.3 is 0 Å². The van der Waals surface area contributed by atoms with Gasteiger partial charge in [0.15, 0.2) is 0 Å². The van der Waals surface area contributed by atoms with E-state index in [4.69, 9.17) is 16.6 Å². The number of hydrogen-bond donors (Lipinski definition) is 2. The van der Waals surface area contributed by atoms with Crippen LogP contribution in [0.25, 0.3) is 10.9 Å². The number of nitrogens with zero attached hydrogens (tertiary/aromatic N) is 2. The number of benzene rings is 1. The van der Waals surface area contributed by atoms with Gasteiger partial charge in [0.2, 0.25) is 0 Å². The molecule has 29 heavy (non-hydrogen) atoms. The van der Waals surface area contributed by atoms with E-state index >= 15 is 0 Å². The zero-order valence-corrected chi connectivity index (χ0v) is 18.2. The molecular formula is C22H25ClN4OS. The molecule has 2 N–H and O–H groups in total. The Morgan fingerprint density at radius 2 is 1.83 bits per heavy atom. The molecule has 2 aromatic heterocycles. The summed E-state index contributed by atoms with van der Waals surface area (Å²) in [6, 6.07) is 14.5. The molecule has 1 saturated carbocycles. The van der Waals surface area contributed by atoms with E-state index in [9.17, 15) is 4.79 Å². The SMILES string of the molecule is CN(C)c1cc(NC2CCC(NC(=O)c3ccc(Cl)s3)CC2)nc2ccccc12. The average molecular weight is 429 g/mol. The highest BCUT2D eigenvalue weighted by Crippen LogP contribution is 2.29. The number of carbonyl (C=O) groups is 1. The molecule has 0 aliphatic heterocycles. The topological polar surface area (TPSA) is 57.3 Å². The molecule has 7 heteroatoms. The number of aromatic nitrogens is 1. The third kappa shape index (κ3) is 4.65. The largest absolute Gasteiger partial charge is 0.377 e. The molecule has 0 bridgehead atoms. The van der Waals surface area contributed by atoms with Crippen molar-refractivity contribution in [1.82, 2.24) is 10.3 Å². The van der Waals surface area contributed by atoms with Gasteiger partial charge < -0.3 is 15.5 Å². The Bertz CT molecular complexity index is 1010. The van der Waals surface area contributed by atoms with E-state index in [2.05, 4.69) is 47.8 Å². The summed E-state index contributed by atoms with van der Waals surface area (Å²) in [5.74, 6) is 0.887. The molecule has 0 spiro atoms. The standard InChI is InChI=1S/C22H25ClN4OS/c1-27(2)18-13-21(26-17-6-4-3-5-16(17)18)24-14-7-9-15(10-8-14)25-22(28)19-11-12-20(23)29-19/h3-6,11-15H,7-10H2,1-2H3,(H,24,26)(H,25,28). The first-order chi connectivity index (χ1) is 14.0. The van der Waals surface area contributed by atoms with Crippen LogP contribution in [0.1, 0.15) is 35.4 Å². The summed E-state index contributed by atoms with van der Waals surface area (Å²) < 4.78 is 0.642. The Balaban J connectivity index is 1.38. The molecule has 0 saturated heterocycles. The van der Waals surface area contributed by atoms with Crippen molar-refractivity contribution in [3.05, 3.63) is 51.7 Å². The van der Waals surface area contributed by atoms with Gasteiger partial charge in [-0.25, -0.2) is 4.98 Å². The Kier molecular flexibility index (Phi) is 5.92. The minimum absolute atomic E-state index is 0.0230. The van der Waals surface area contributed by atoms with Crippen LogP contribution in [0.15, 0.2) is 42.5 Å². The fraction of sp³-hybridized carbons (Fsp3) is 0.364. The lowest BCUT2D eigenvalue weighted by atomic mass is 9.91. The van der Waals surface area contributed by atoms with Gasteiger partial charge in [0, 0.05) is 43.3 Å². The van der Waals surface area contributed by atoms with E-state index in [0.717, 1.165) is 48.1 Å². The van der Waals surface area contributed by atoms with Crippen molar-refractivity contribution in [2.24, 2.45) is 0 Å². The van der Waals surface area contributed by atoms with Crippen LogP contribution in [0.4, 0.5) is 11.5 Å². The highest BCUT2D eigenvalue weighted by Gasteiger charge is 2.23. The maximum Gasteiger partial charge on any atom is 0.261 e. The van der Waals surface area contributed by atoms with Crippen LogP contribution in [-0.4, -0.2) is 37.1 Å². The highest BCUT2D eigenvalue weighted by atomic mass is 35.5. The lowest BCUT2D eigenvalue weighted by Crippen LogP contribution is -2.40. The zero-order valence-electron chi connectivity index (χ0n) is 16.6. The molecule has 1 aliphatic carbocycles. The molecule has 1 amide bonds. The summed E-state index contributed by atoms with van der Waals surface area (Å²) in [6.45, 7) is 0. The highest BCUT2D eigenvalue weighted by molar-refractivity contribution is 7.18. The number of pyridine rings is 1. The predicted molar refractivity (Wildman–Crippen MR) is 123 cm³/mol. The van der Waals surface area contributed by atoms with Crippen molar-refractivity contribution in [1.29, 1.82) is 0 Å². The molecule has 1 aliphatic rings. The van der Waals surface area contributed by atoms with Gasteiger partial charge in [0.25, 0.3) is 5.91 Å². The summed E-state index contributed by atoms with van der Waals surface area (Å²) in [7, 11) is 4.11. The molecule has 5 nitrogen and oxygen atoms in total. The van der Waals surface area contributed by atoms with E-state index in [-0.39, 0.29) is 11.9 Å². The smallest absolute Gasteiger partial charge is 0.261 e. The number of amides is 1. The van der Waals surface area contributed by atoms with Crippen LogP contribution in [0.5, 0.6) is 0 Å². The molecule has 152 valence electrons. The molecule has 3 aromatic rings. The van der Waals surface area contributed by atoms with E-state index in [1.165, 1.54) is 11.3 Å². The summed E-state index contributed by atoms with van der Waals surface area (Å²) in [4.78, 5) is 19.9. The molecule has 0 atom stereocenters. The molecule has 0 radical (unpaired) electrons. The molecule has 1 fully saturated rings. The first-order valence-corrected chi connectivity index (χ1v) is 11.1. The van der Waals surface area contributed by atoms with Crippen molar-refractivity contribution in [2.75, 3.05) is 24.3 Å². The van der Waals surface area contributed by atoms with E-state index in [1.54, 1.807) is 12.1 Å². The van der Waals surface area contributed by atoms with Crippen molar-refractivity contribution in [2.45, 2.75) is 37.8 Å². The molecule has 4 rings (SSSR count). The van der Waals surface area contributed by atoms with Crippen molar-refractivity contribution < 1.29 is 4.79 Å². The summed E-state index contributed by atoms with van der Waals surface area (Å²) in [6.07, 6.45) is 3.91. The first kappa shape index (κ1) is 20.0. The summed E-state index contributed by atoms with van der Waals surface area (Å²) in [5, 5.41) is 7.91. The molecule has 0 unspecified atom stereocenters. The van der Waals surface area contributed by atoms with Crippen LogP contribution < -0.4 is 15.5 Å². The van der Waals surface area contributed by atoms with Crippen molar-refractivity contribution in [3.63, 3.8) is 0 Å². The number of anilines is 2. The molecule has 1 aromatic carbocycles. The number of nitrogens with one attached hydrogen (secondary N) is 2. The van der Waals surface area contributed by atoms with Crippen molar-refractivity contribution >= 4 is 51.3 Å². The maximum atomic E-state index is 12.3. The van der Waals surface area contributed by atoms with Crippen LogP contribution in [0, 0.1) is 0 Å². The number of hydrogen-bond acceptors (Lipinski definition) is 5. The number of para-hydroxylation sites is 1. The minimum atomic E-state index is -0.0230. The fourth-order valence-electron chi connectivity index (χ4n) is 3.89. The molecular weight excluding hydrogens is 404 g/mol. The Morgan fingerprint density at radius 3 is 2.52 bits per heavy atom. The van der Waals surface area contributed by atoms with E-state index in [1.807, 2.05) is 12.1 Å². The Labute approximate surface area is 180 Å². The Hall–Kier alpha value is -2.31. The van der Waals surface area contributed by atoms with Crippen LogP contribution in [0.3, 0.4) is 0 Å². The van der Waals surface area contributed by atoms with Crippen molar-refractivity contribution in [3.8, 4) is 0 Å². The summed E-state index contributed by atoms with van der Waals surface area (Å²) in [5.41, 5.74) is 2.16. The van der Waals surface area contributed by atoms with Crippen LogP contribution >= 0.6 is 22.9 Å². The van der Waals surface area contributed by atoms with Gasteiger partial charge in [0.05, 0.1) is 14.7 Å². The number of thiophene rings is 1. The van der Waals surface area contributed by atoms with Gasteiger partial charge in [0.1, 0.15) is 5.82 Å². The second-order valence-electron chi connectivity index (χ2n) is 7.71. The quantitative estimate of drug-likeness (QED) is 0.588. The van der Waals surface area contributed by atoms with Gasteiger partial charge in [-0.15, -0.1) is 11.3 Å². The zero-order chi connectivity index (χ0) is 20.4. The minimum Gasteiger partial charge on any atom is -0.377 e. The van der Waals surface area contributed by atoms with Crippen LogP contribution in [0.2, 0.25) is 4.34 Å². The van der Waals surface area contributed by atoms with E-state index in [0.29, 0.717) is 15.3 Å². The number of rotatable bonds is 5. The average Bonchev–Trinajstić information content (AvgIpc) is 3.15. The number of fused-ring (bicyclic) bond motifs is 1. The van der Waals surface area contributed by atoms with Gasteiger partial charge in [-0.2, -0.15) is 0 Å². The van der Waals surface area contributed by atoms with E-state index < -0.39 is 0 Å². The van der Waals surface area contributed by atoms with Gasteiger partial charge in [-0.3, -0.25) is 4.79 Å². The lowest BCUT2D eigenvalue weighted by molar-refractivity contribution is 0.0930. The third-order valence-corrected chi connectivity index (χ3v) is 6.62. The monoisotopic (exact) mass is 428 g/mol. The lowest BCUT2D eigenvalue weighted by Gasteiger charge is -2.30.